The van der Waals surface area contributed by atoms with E-state index < -0.39 is 0 Å². The van der Waals surface area contributed by atoms with Crippen molar-refractivity contribution in [1.29, 1.82) is 0 Å². The zero-order valence-electron chi connectivity index (χ0n) is 11.8. The van der Waals surface area contributed by atoms with Gasteiger partial charge < -0.3 is 19.9 Å². The molecular weight excluding hydrogens is 260 g/mol. The predicted molar refractivity (Wildman–Crippen MR) is 72.4 cm³/mol. The minimum Gasteiger partial charge on any atom is -0.450 e. The maximum absolute atomic E-state index is 12.0. The van der Waals surface area contributed by atoms with Crippen LogP contribution in [-0.2, 0) is 4.74 Å². The molecule has 1 aromatic heterocycles. The summed E-state index contributed by atoms with van der Waals surface area (Å²) in [5.41, 5.74) is 0.468. The van der Waals surface area contributed by atoms with Crippen molar-refractivity contribution in [2.75, 3.05) is 19.7 Å². The van der Waals surface area contributed by atoms with Crippen molar-refractivity contribution in [3.63, 3.8) is 0 Å². The Morgan fingerprint density at radius 1 is 1.50 bits per heavy atom. The van der Waals surface area contributed by atoms with Crippen LogP contribution in [0.15, 0.2) is 6.20 Å². The van der Waals surface area contributed by atoms with Crippen LogP contribution in [0.3, 0.4) is 0 Å². The lowest BCUT2D eigenvalue weighted by Crippen LogP contribution is -2.46. The van der Waals surface area contributed by atoms with Crippen molar-refractivity contribution in [1.82, 2.24) is 20.2 Å². The number of likely N-dealkylation sites (tertiary alicyclic amines) is 1. The number of aromatic amines is 1. The van der Waals surface area contributed by atoms with E-state index >= 15 is 0 Å². The molecule has 0 aromatic carbocycles. The third-order valence-electron chi connectivity index (χ3n) is 3.30. The van der Waals surface area contributed by atoms with E-state index in [1.54, 1.807) is 18.7 Å². The van der Waals surface area contributed by atoms with Crippen LogP contribution in [0.5, 0.6) is 0 Å². The first kappa shape index (κ1) is 14.4. The van der Waals surface area contributed by atoms with Crippen LogP contribution in [-0.4, -0.2) is 52.6 Å². The van der Waals surface area contributed by atoms with Gasteiger partial charge in [0.1, 0.15) is 11.5 Å². The van der Waals surface area contributed by atoms with Gasteiger partial charge >= 0.3 is 6.09 Å². The Morgan fingerprint density at radius 2 is 2.20 bits per heavy atom. The predicted octanol–water partition coefficient (Wildman–Crippen LogP) is 1.07. The highest BCUT2D eigenvalue weighted by molar-refractivity contribution is 5.92. The summed E-state index contributed by atoms with van der Waals surface area (Å²) in [6.07, 6.45) is 2.72. The third-order valence-corrected chi connectivity index (χ3v) is 3.30. The van der Waals surface area contributed by atoms with E-state index in [-0.39, 0.29) is 18.0 Å². The molecule has 0 saturated carbocycles. The number of piperidine rings is 1. The van der Waals surface area contributed by atoms with Gasteiger partial charge in [0.15, 0.2) is 0 Å². The maximum atomic E-state index is 12.0. The summed E-state index contributed by atoms with van der Waals surface area (Å²) < 4.78 is 4.96. The molecule has 0 bridgehead atoms. The normalized spacial score (nSPS) is 16.0. The largest absolute Gasteiger partial charge is 0.450 e. The number of carbonyl (C=O) groups excluding carboxylic acids is 2. The highest BCUT2D eigenvalue weighted by Crippen LogP contribution is 2.12. The summed E-state index contributed by atoms with van der Waals surface area (Å²) in [6, 6.07) is 0.0804. The van der Waals surface area contributed by atoms with E-state index in [1.165, 1.54) is 6.20 Å². The number of hydrogen-bond donors (Lipinski definition) is 2. The van der Waals surface area contributed by atoms with Gasteiger partial charge in [0.2, 0.25) is 0 Å². The van der Waals surface area contributed by atoms with Crippen LogP contribution in [0.1, 0.15) is 36.1 Å². The molecule has 20 heavy (non-hydrogen) atoms. The Bertz CT molecular complexity index is 478. The number of nitrogens with zero attached hydrogens (tertiary/aromatic N) is 2. The molecule has 1 aliphatic rings. The molecule has 0 unspecified atom stereocenters. The van der Waals surface area contributed by atoms with Crippen molar-refractivity contribution in [2.24, 2.45) is 0 Å². The van der Waals surface area contributed by atoms with E-state index in [0.29, 0.717) is 31.2 Å². The molecule has 7 nitrogen and oxygen atoms in total. The Labute approximate surface area is 117 Å². The van der Waals surface area contributed by atoms with Gasteiger partial charge in [-0.25, -0.2) is 9.78 Å². The summed E-state index contributed by atoms with van der Waals surface area (Å²) >= 11 is 0. The first-order valence-corrected chi connectivity index (χ1v) is 6.84. The van der Waals surface area contributed by atoms with Gasteiger partial charge in [0, 0.05) is 19.1 Å². The van der Waals surface area contributed by atoms with E-state index in [1.807, 2.05) is 0 Å². The Morgan fingerprint density at radius 3 is 2.75 bits per heavy atom. The van der Waals surface area contributed by atoms with Gasteiger partial charge in [-0.1, -0.05) is 0 Å². The SMILES string of the molecule is CCOC(=O)N1CCC(NC(=O)c2cnc(C)[nH]2)CC1. The zero-order chi connectivity index (χ0) is 14.5. The van der Waals surface area contributed by atoms with Gasteiger partial charge in [-0.05, 0) is 26.7 Å². The maximum Gasteiger partial charge on any atom is 0.409 e. The second kappa shape index (κ2) is 6.40. The number of imidazole rings is 1. The number of aromatic nitrogens is 2. The summed E-state index contributed by atoms with van der Waals surface area (Å²) in [5, 5.41) is 2.95. The minimum absolute atomic E-state index is 0.0804. The van der Waals surface area contributed by atoms with Crippen LogP contribution in [0.4, 0.5) is 4.79 Å². The lowest BCUT2D eigenvalue weighted by molar-refractivity contribution is 0.0857. The molecule has 1 fully saturated rings. The molecule has 0 atom stereocenters. The van der Waals surface area contributed by atoms with E-state index in [4.69, 9.17) is 4.74 Å². The Balaban J connectivity index is 1.80. The highest BCUT2D eigenvalue weighted by atomic mass is 16.6. The standard InChI is InChI=1S/C13H20N4O3/c1-3-20-13(19)17-6-4-10(5-7-17)16-12(18)11-8-14-9(2)15-11/h8,10H,3-7H2,1-2H3,(H,14,15)(H,16,18). The van der Waals surface area contributed by atoms with Gasteiger partial charge in [-0.15, -0.1) is 0 Å². The molecule has 0 radical (unpaired) electrons. The number of amides is 2. The third kappa shape index (κ3) is 3.49. The fourth-order valence-corrected chi connectivity index (χ4v) is 2.22. The second-order valence-electron chi connectivity index (χ2n) is 4.82. The molecule has 2 rings (SSSR count). The molecule has 110 valence electrons. The molecule has 7 heteroatoms. The van der Waals surface area contributed by atoms with Crippen molar-refractivity contribution in [3.8, 4) is 0 Å². The fraction of sp³-hybridized carbons (Fsp3) is 0.615. The second-order valence-corrected chi connectivity index (χ2v) is 4.82. The van der Waals surface area contributed by atoms with Crippen molar-refractivity contribution >= 4 is 12.0 Å². The van der Waals surface area contributed by atoms with Gasteiger partial charge in [-0.2, -0.15) is 0 Å². The highest BCUT2D eigenvalue weighted by Gasteiger charge is 2.25. The molecule has 2 amide bonds. The zero-order valence-corrected chi connectivity index (χ0v) is 11.8. The Kier molecular flexibility index (Phi) is 4.60. The van der Waals surface area contributed by atoms with Gasteiger partial charge in [0.25, 0.3) is 5.91 Å². The summed E-state index contributed by atoms with van der Waals surface area (Å²) in [5.74, 6) is 0.562. The lowest BCUT2D eigenvalue weighted by atomic mass is 10.1. The van der Waals surface area contributed by atoms with Crippen LogP contribution >= 0.6 is 0 Å². The summed E-state index contributed by atoms with van der Waals surface area (Å²) in [7, 11) is 0. The molecular formula is C13H20N4O3. The van der Waals surface area contributed by atoms with Gasteiger partial charge in [0.05, 0.1) is 12.8 Å². The number of rotatable bonds is 3. The number of nitrogens with one attached hydrogen (secondary N) is 2. The van der Waals surface area contributed by atoms with Crippen LogP contribution < -0.4 is 5.32 Å². The number of hydrogen-bond acceptors (Lipinski definition) is 4. The smallest absolute Gasteiger partial charge is 0.409 e. The van der Waals surface area contributed by atoms with Crippen LogP contribution in [0.25, 0.3) is 0 Å². The van der Waals surface area contributed by atoms with E-state index in [2.05, 4.69) is 15.3 Å². The average Bonchev–Trinajstić information content (AvgIpc) is 2.86. The topological polar surface area (TPSA) is 87.3 Å². The van der Waals surface area contributed by atoms with Gasteiger partial charge in [-0.3, -0.25) is 4.79 Å². The van der Waals surface area contributed by atoms with Crippen molar-refractivity contribution in [2.45, 2.75) is 32.7 Å². The lowest BCUT2D eigenvalue weighted by Gasteiger charge is -2.31. The number of ether oxygens (including phenoxy) is 1. The number of carbonyl (C=O) groups is 2. The van der Waals surface area contributed by atoms with E-state index in [0.717, 1.165) is 12.8 Å². The first-order chi connectivity index (χ1) is 9.60. The number of aryl methyl sites for hydroxylation is 1. The minimum atomic E-state index is -0.276. The molecule has 2 heterocycles. The van der Waals surface area contributed by atoms with Crippen LogP contribution in [0.2, 0.25) is 0 Å². The quantitative estimate of drug-likeness (QED) is 0.867. The summed E-state index contributed by atoms with van der Waals surface area (Å²) in [6.45, 7) is 5.18. The molecule has 1 aliphatic heterocycles. The van der Waals surface area contributed by atoms with E-state index in [9.17, 15) is 9.59 Å². The van der Waals surface area contributed by atoms with Crippen LogP contribution in [0, 0.1) is 6.92 Å². The molecule has 0 spiro atoms. The molecule has 1 aromatic rings. The van der Waals surface area contributed by atoms with Crippen molar-refractivity contribution < 1.29 is 14.3 Å². The first-order valence-electron chi connectivity index (χ1n) is 6.84. The Hall–Kier alpha value is -2.05. The average molecular weight is 280 g/mol. The molecule has 0 aliphatic carbocycles. The summed E-state index contributed by atoms with van der Waals surface area (Å²) in [4.78, 5) is 32.1. The molecule has 1 saturated heterocycles. The van der Waals surface area contributed by atoms with Crippen molar-refractivity contribution in [3.05, 3.63) is 17.7 Å². The number of H-pyrrole nitrogens is 1. The fourth-order valence-electron chi connectivity index (χ4n) is 2.22. The monoisotopic (exact) mass is 280 g/mol. The molecule has 2 N–H and O–H groups in total.